The van der Waals surface area contributed by atoms with Gasteiger partial charge in [-0.15, -0.1) is 5.10 Å². The van der Waals surface area contributed by atoms with Crippen molar-refractivity contribution in [2.45, 2.75) is 13.0 Å². The van der Waals surface area contributed by atoms with Gasteiger partial charge < -0.3 is 5.11 Å². The van der Waals surface area contributed by atoms with E-state index in [1.165, 1.54) is 6.21 Å². The second kappa shape index (κ2) is 7.75. The number of amides is 1. The van der Waals surface area contributed by atoms with Crippen molar-refractivity contribution in [1.29, 1.82) is 0 Å². The number of phenols is 1. The molecule has 25 heavy (non-hydrogen) atoms. The fraction of sp³-hybridized carbons (Fsp3) is 0.125. The maximum Gasteiger partial charge on any atom is 0.241 e. The maximum absolute atomic E-state index is 11.9. The minimum Gasteiger partial charge on any atom is -0.506 e. The Kier molecular flexibility index (Phi) is 5.44. The molecule has 9 heteroatoms. The molecule has 0 atom stereocenters. The molecule has 128 valence electrons. The zero-order valence-corrected chi connectivity index (χ0v) is 16.0. The number of carbonyl (C=O) groups is 1. The van der Waals surface area contributed by atoms with E-state index < -0.39 is 0 Å². The molecule has 0 saturated heterocycles. The van der Waals surface area contributed by atoms with Crippen LogP contribution in [-0.4, -0.2) is 32.2 Å². The van der Waals surface area contributed by atoms with E-state index in [1.807, 2.05) is 24.3 Å². The summed E-state index contributed by atoms with van der Waals surface area (Å²) in [7, 11) is 0. The summed E-state index contributed by atoms with van der Waals surface area (Å²) in [5.41, 5.74) is 4.58. The number of phenolic OH excluding ortho intramolecular Hbond substituents is 1. The van der Waals surface area contributed by atoms with Gasteiger partial charge in [0.25, 0.3) is 0 Å². The molecule has 2 aromatic carbocycles. The molecule has 3 aromatic rings. The van der Waals surface area contributed by atoms with E-state index in [-0.39, 0.29) is 18.1 Å². The Morgan fingerprint density at radius 1 is 1.32 bits per heavy atom. The molecule has 0 spiro atoms. The number of fused-ring (bicyclic) bond motifs is 1. The third kappa shape index (κ3) is 4.23. The van der Waals surface area contributed by atoms with Crippen LogP contribution < -0.4 is 5.43 Å². The lowest BCUT2D eigenvalue weighted by Gasteiger charge is -2.04. The van der Waals surface area contributed by atoms with Gasteiger partial charge in [0, 0.05) is 16.5 Å². The lowest BCUT2D eigenvalue weighted by Crippen LogP contribution is -2.19. The summed E-state index contributed by atoms with van der Waals surface area (Å²) in [6, 6.07) is 11.0. The van der Waals surface area contributed by atoms with Gasteiger partial charge in [0.2, 0.25) is 5.91 Å². The van der Waals surface area contributed by atoms with Crippen LogP contribution in [0, 0.1) is 0 Å². The summed E-state index contributed by atoms with van der Waals surface area (Å²) >= 11 is 6.57. The SMILES string of the molecule is O=C(CCn1nnc2ccccc21)NN=Cc1cc(Br)cc(Br)c1O. The molecule has 2 N–H and O–H groups in total. The van der Waals surface area contributed by atoms with Gasteiger partial charge in [0.1, 0.15) is 11.3 Å². The van der Waals surface area contributed by atoms with Gasteiger partial charge in [-0.05, 0) is 40.2 Å². The maximum atomic E-state index is 11.9. The second-order valence-electron chi connectivity index (χ2n) is 5.17. The first-order valence-electron chi connectivity index (χ1n) is 7.33. The monoisotopic (exact) mass is 465 g/mol. The van der Waals surface area contributed by atoms with Gasteiger partial charge in [-0.2, -0.15) is 5.10 Å². The van der Waals surface area contributed by atoms with E-state index in [4.69, 9.17) is 0 Å². The molecule has 0 aliphatic heterocycles. The minimum absolute atomic E-state index is 0.0512. The average molecular weight is 467 g/mol. The summed E-state index contributed by atoms with van der Waals surface area (Å²) in [6.45, 7) is 0.398. The Bertz CT molecular complexity index is 955. The van der Waals surface area contributed by atoms with Gasteiger partial charge in [-0.25, -0.2) is 10.1 Å². The number of aryl methyl sites for hydroxylation is 1. The number of carbonyl (C=O) groups excluding carboxylic acids is 1. The van der Waals surface area contributed by atoms with Gasteiger partial charge >= 0.3 is 0 Å². The standard InChI is InChI=1S/C16H13Br2N5O2/c17-11-7-10(16(25)12(18)8-11)9-19-21-15(24)5-6-23-14-4-2-1-3-13(14)20-22-23/h1-4,7-9,25H,5-6H2,(H,21,24). The molecule has 3 rings (SSSR count). The van der Waals surface area contributed by atoms with Crippen molar-refractivity contribution in [3.63, 3.8) is 0 Å². The predicted octanol–water partition coefficient (Wildman–Crippen LogP) is 3.20. The molecule has 0 unspecified atom stereocenters. The molecule has 0 fully saturated rings. The Morgan fingerprint density at radius 3 is 2.96 bits per heavy atom. The lowest BCUT2D eigenvalue weighted by molar-refractivity contribution is -0.121. The highest BCUT2D eigenvalue weighted by Crippen LogP contribution is 2.30. The van der Waals surface area contributed by atoms with Gasteiger partial charge in [-0.1, -0.05) is 33.3 Å². The summed E-state index contributed by atoms with van der Waals surface area (Å²) in [5, 5.41) is 21.9. The van der Waals surface area contributed by atoms with E-state index in [2.05, 4.69) is 52.7 Å². The second-order valence-corrected chi connectivity index (χ2v) is 6.94. The fourth-order valence-corrected chi connectivity index (χ4v) is 3.46. The number of hydrazone groups is 1. The number of para-hydroxylation sites is 1. The lowest BCUT2D eigenvalue weighted by atomic mass is 10.2. The molecular weight excluding hydrogens is 454 g/mol. The number of nitrogens with one attached hydrogen (secondary N) is 1. The van der Waals surface area contributed by atoms with Crippen molar-refractivity contribution in [2.75, 3.05) is 0 Å². The average Bonchev–Trinajstić information content (AvgIpc) is 3.00. The molecule has 7 nitrogen and oxygen atoms in total. The Balaban J connectivity index is 1.58. The third-order valence-corrected chi connectivity index (χ3v) is 4.48. The molecule has 0 saturated carbocycles. The highest BCUT2D eigenvalue weighted by Gasteiger charge is 2.07. The van der Waals surface area contributed by atoms with E-state index >= 15 is 0 Å². The largest absolute Gasteiger partial charge is 0.506 e. The summed E-state index contributed by atoms with van der Waals surface area (Å²) in [6.07, 6.45) is 1.59. The normalized spacial score (nSPS) is 11.3. The van der Waals surface area contributed by atoms with Crippen LogP contribution in [0.2, 0.25) is 0 Å². The first-order valence-corrected chi connectivity index (χ1v) is 8.91. The highest BCUT2D eigenvalue weighted by molar-refractivity contribution is 9.11. The molecule has 0 aliphatic rings. The fourth-order valence-electron chi connectivity index (χ4n) is 2.20. The van der Waals surface area contributed by atoms with Gasteiger partial charge in [0.05, 0.1) is 22.7 Å². The van der Waals surface area contributed by atoms with Crippen LogP contribution in [0.1, 0.15) is 12.0 Å². The predicted molar refractivity (Wildman–Crippen MR) is 101 cm³/mol. The van der Waals surface area contributed by atoms with Crippen LogP contribution in [-0.2, 0) is 11.3 Å². The van der Waals surface area contributed by atoms with Crippen LogP contribution in [0.25, 0.3) is 11.0 Å². The summed E-state index contributed by atoms with van der Waals surface area (Å²) in [5.74, 6) is -0.209. The van der Waals surface area contributed by atoms with E-state index in [1.54, 1.807) is 16.8 Å². The van der Waals surface area contributed by atoms with Crippen LogP contribution in [0.15, 0.2) is 50.4 Å². The molecule has 0 aliphatic carbocycles. The number of hydrogen-bond donors (Lipinski definition) is 2. The highest BCUT2D eigenvalue weighted by atomic mass is 79.9. The van der Waals surface area contributed by atoms with Crippen molar-refractivity contribution >= 4 is 55.0 Å². The molecule has 1 heterocycles. The van der Waals surface area contributed by atoms with Crippen molar-refractivity contribution in [1.82, 2.24) is 20.4 Å². The van der Waals surface area contributed by atoms with Crippen LogP contribution in [0.5, 0.6) is 5.75 Å². The Hall–Kier alpha value is -2.26. The van der Waals surface area contributed by atoms with Crippen molar-refractivity contribution in [3.05, 3.63) is 50.9 Å². The van der Waals surface area contributed by atoms with Crippen molar-refractivity contribution in [3.8, 4) is 5.75 Å². The third-order valence-electron chi connectivity index (χ3n) is 3.42. The molecule has 1 amide bonds. The van der Waals surface area contributed by atoms with Crippen LogP contribution >= 0.6 is 31.9 Å². The topological polar surface area (TPSA) is 92.4 Å². The van der Waals surface area contributed by atoms with Crippen LogP contribution in [0.3, 0.4) is 0 Å². The number of benzene rings is 2. The van der Waals surface area contributed by atoms with E-state index in [9.17, 15) is 9.90 Å². The van der Waals surface area contributed by atoms with Gasteiger partial charge in [0.15, 0.2) is 0 Å². The van der Waals surface area contributed by atoms with Gasteiger partial charge in [-0.3, -0.25) is 4.79 Å². The smallest absolute Gasteiger partial charge is 0.241 e. The molecule has 0 bridgehead atoms. The molecular formula is C16H13Br2N5O2. The zero-order valence-electron chi connectivity index (χ0n) is 12.9. The summed E-state index contributed by atoms with van der Waals surface area (Å²) < 4.78 is 2.99. The Labute approximate surface area is 160 Å². The Morgan fingerprint density at radius 2 is 2.12 bits per heavy atom. The van der Waals surface area contributed by atoms with Crippen LogP contribution in [0.4, 0.5) is 0 Å². The molecule has 1 aromatic heterocycles. The van der Waals surface area contributed by atoms with E-state index in [0.717, 1.165) is 15.5 Å². The van der Waals surface area contributed by atoms with E-state index in [0.29, 0.717) is 16.6 Å². The first kappa shape index (κ1) is 17.6. The number of rotatable bonds is 5. The van der Waals surface area contributed by atoms with Crippen molar-refractivity contribution < 1.29 is 9.90 Å². The number of nitrogens with zero attached hydrogens (tertiary/aromatic N) is 4. The summed E-state index contributed by atoms with van der Waals surface area (Å²) in [4.78, 5) is 11.9. The number of halogens is 2. The number of aromatic hydroxyl groups is 1. The number of hydrogen-bond acceptors (Lipinski definition) is 5. The molecule has 0 radical (unpaired) electrons. The zero-order chi connectivity index (χ0) is 17.8. The number of aromatic nitrogens is 3. The minimum atomic E-state index is -0.260. The quantitative estimate of drug-likeness (QED) is 0.446. The first-order chi connectivity index (χ1) is 12.0. The van der Waals surface area contributed by atoms with Crippen molar-refractivity contribution in [2.24, 2.45) is 5.10 Å².